The van der Waals surface area contributed by atoms with Crippen molar-refractivity contribution in [2.45, 2.75) is 18.5 Å². The predicted molar refractivity (Wildman–Crippen MR) is 92.8 cm³/mol. The van der Waals surface area contributed by atoms with Crippen LogP contribution in [-0.4, -0.2) is 21.9 Å². The van der Waals surface area contributed by atoms with E-state index in [2.05, 4.69) is 41.7 Å². The van der Waals surface area contributed by atoms with Crippen LogP contribution < -0.4 is 4.74 Å². The standard InChI is InChI=1S/C18H20N2OS/c1-3-14-8-10-15(11-9-14)21-12-13-22-18-19-16-6-4-5-7-17(16)20(18)2/h4-11H,3,12-13H2,1-2H3. The molecule has 1 heterocycles. The van der Waals surface area contributed by atoms with Crippen molar-refractivity contribution in [2.24, 2.45) is 7.05 Å². The molecule has 0 unspecified atom stereocenters. The van der Waals surface area contributed by atoms with Crippen LogP contribution in [0.5, 0.6) is 5.75 Å². The van der Waals surface area contributed by atoms with Crippen LogP contribution in [0.1, 0.15) is 12.5 Å². The number of aromatic nitrogens is 2. The van der Waals surface area contributed by atoms with E-state index in [4.69, 9.17) is 4.74 Å². The van der Waals surface area contributed by atoms with Crippen LogP contribution in [0.4, 0.5) is 0 Å². The normalized spacial score (nSPS) is 11.0. The van der Waals surface area contributed by atoms with Gasteiger partial charge in [0, 0.05) is 12.8 Å². The van der Waals surface area contributed by atoms with Gasteiger partial charge in [-0.15, -0.1) is 0 Å². The quantitative estimate of drug-likeness (QED) is 0.501. The Labute approximate surface area is 135 Å². The molecule has 0 aliphatic rings. The molecular formula is C18H20N2OS. The highest BCUT2D eigenvalue weighted by atomic mass is 32.2. The molecule has 0 atom stereocenters. The molecule has 1 aromatic heterocycles. The number of hydrogen-bond acceptors (Lipinski definition) is 3. The first-order chi connectivity index (χ1) is 10.8. The highest BCUT2D eigenvalue weighted by Crippen LogP contribution is 2.22. The van der Waals surface area contributed by atoms with Gasteiger partial charge in [0.15, 0.2) is 5.16 Å². The number of thioether (sulfide) groups is 1. The number of ether oxygens (including phenoxy) is 1. The van der Waals surface area contributed by atoms with E-state index < -0.39 is 0 Å². The summed E-state index contributed by atoms with van der Waals surface area (Å²) in [5.74, 6) is 1.81. The molecule has 4 heteroatoms. The van der Waals surface area contributed by atoms with Crippen LogP contribution >= 0.6 is 11.8 Å². The molecule has 0 fully saturated rings. The molecule has 0 spiro atoms. The second-order valence-electron chi connectivity index (χ2n) is 5.14. The number of nitrogens with zero attached hydrogens (tertiary/aromatic N) is 2. The lowest BCUT2D eigenvalue weighted by Crippen LogP contribution is -2.01. The summed E-state index contributed by atoms with van der Waals surface area (Å²) in [6.45, 7) is 2.84. The topological polar surface area (TPSA) is 27.1 Å². The van der Waals surface area contributed by atoms with Crippen molar-refractivity contribution in [3.05, 3.63) is 54.1 Å². The molecule has 22 heavy (non-hydrogen) atoms. The molecule has 0 bridgehead atoms. The van der Waals surface area contributed by atoms with E-state index in [9.17, 15) is 0 Å². The summed E-state index contributed by atoms with van der Waals surface area (Å²) in [5, 5.41) is 1.03. The predicted octanol–water partition coefficient (Wildman–Crippen LogP) is 4.31. The maximum Gasteiger partial charge on any atom is 0.168 e. The van der Waals surface area contributed by atoms with Gasteiger partial charge in [0.2, 0.25) is 0 Å². The average Bonchev–Trinajstić information content (AvgIpc) is 2.89. The van der Waals surface area contributed by atoms with Gasteiger partial charge in [-0.3, -0.25) is 0 Å². The molecular weight excluding hydrogens is 292 g/mol. The lowest BCUT2D eigenvalue weighted by molar-refractivity contribution is 0.343. The number of imidazole rings is 1. The maximum absolute atomic E-state index is 5.78. The van der Waals surface area contributed by atoms with Crippen molar-refractivity contribution in [3.8, 4) is 5.75 Å². The van der Waals surface area contributed by atoms with Gasteiger partial charge in [0.25, 0.3) is 0 Å². The summed E-state index contributed by atoms with van der Waals surface area (Å²) in [7, 11) is 2.06. The number of hydrogen-bond donors (Lipinski definition) is 0. The third-order valence-corrected chi connectivity index (χ3v) is 4.66. The molecule has 0 N–H and O–H groups in total. The van der Waals surface area contributed by atoms with Crippen LogP contribution in [0, 0.1) is 0 Å². The van der Waals surface area contributed by atoms with Gasteiger partial charge in [-0.25, -0.2) is 4.98 Å². The van der Waals surface area contributed by atoms with Gasteiger partial charge in [0.05, 0.1) is 17.6 Å². The molecule has 0 aliphatic heterocycles. The van der Waals surface area contributed by atoms with Crippen molar-refractivity contribution in [2.75, 3.05) is 12.4 Å². The lowest BCUT2D eigenvalue weighted by Gasteiger charge is -2.06. The van der Waals surface area contributed by atoms with Crippen molar-refractivity contribution in [1.82, 2.24) is 9.55 Å². The molecule has 2 aromatic carbocycles. The molecule has 3 rings (SSSR count). The van der Waals surface area contributed by atoms with Crippen LogP contribution in [0.3, 0.4) is 0 Å². The van der Waals surface area contributed by atoms with E-state index in [1.54, 1.807) is 11.8 Å². The Balaban J connectivity index is 1.54. The number of fused-ring (bicyclic) bond motifs is 1. The Morgan fingerprint density at radius 3 is 2.59 bits per heavy atom. The van der Waals surface area contributed by atoms with Crippen LogP contribution in [0.25, 0.3) is 11.0 Å². The van der Waals surface area contributed by atoms with Gasteiger partial charge >= 0.3 is 0 Å². The SMILES string of the molecule is CCc1ccc(OCCSc2nc3ccccc3n2C)cc1. The first-order valence-corrected chi connectivity index (χ1v) is 8.52. The van der Waals surface area contributed by atoms with Crippen LogP contribution in [0.2, 0.25) is 0 Å². The number of benzene rings is 2. The Kier molecular flexibility index (Phi) is 4.68. The van der Waals surface area contributed by atoms with Gasteiger partial charge in [-0.2, -0.15) is 0 Å². The minimum absolute atomic E-state index is 0.680. The number of para-hydroxylation sites is 2. The van der Waals surface area contributed by atoms with Crippen LogP contribution in [-0.2, 0) is 13.5 Å². The summed E-state index contributed by atoms with van der Waals surface area (Å²) in [6.07, 6.45) is 1.06. The largest absolute Gasteiger partial charge is 0.493 e. The molecule has 0 amide bonds. The number of aryl methyl sites for hydroxylation is 2. The van der Waals surface area contributed by atoms with Gasteiger partial charge in [-0.05, 0) is 36.2 Å². The van der Waals surface area contributed by atoms with E-state index in [1.165, 1.54) is 11.1 Å². The second-order valence-corrected chi connectivity index (χ2v) is 6.20. The van der Waals surface area contributed by atoms with Gasteiger partial charge in [0.1, 0.15) is 5.75 Å². The smallest absolute Gasteiger partial charge is 0.168 e. The Bertz CT molecular complexity index is 749. The van der Waals surface area contributed by atoms with Crippen LogP contribution in [0.15, 0.2) is 53.7 Å². The van der Waals surface area contributed by atoms with E-state index in [0.717, 1.165) is 28.6 Å². The van der Waals surface area contributed by atoms with E-state index >= 15 is 0 Å². The average molecular weight is 312 g/mol. The molecule has 3 nitrogen and oxygen atoms in total. The summed E-state index contributed by atoms with van der Waals surface area (Å²) < 4.78 is 7.92. The van der Waals surface area contributed by atoms with E-state index in [0.29, 0.717) is 6.61 Å². The Morgan fingerprint density at radius 1 is 1.09 bits per heavy atom. The third kappa shape index (κ3) is 3.28. The molecule has 0 saturated carbocycles. The first kappa shape index (κ1) is 15.0. The van der Waals surface area contributed by atoms with Crippen molar-refractivity contribution >= 4 is 22.8 Å². The lowest BCUT2D eigenvalue weighted by atomic mass is 10.2. The summed E-state index contributed by atoms with van der Waals surface area (Å²) in [6, 6.07) is 16.5. The fourth-order valence-corrected chi connectivity index (χ4v) is 3.17. The fourth-order valence-electron chi connectivity index (χ4n) is 2.37. The molecule has 0 aliphatic carbocycles. The second kappa shape index (κ2) is 6.88. The number of rotatable bonds is 6. The van der Waals surface area contributed by atoms with Crippen molar-refractivity contribution < 1.29 is 4.74 Å². The molecule has 0 saturated heterocycles. The zero-order valence-corrected chi connectivity index (χ0v) is 13.8. The van der Waals surface area contributed by atoms with Gasteiger partial charge in [-0.1, -0.05) is 43.0 Å². The third-order valence-electron chi connectivity index (χ3n) is 3.66. The molecule has 3 aromatic rings. The summed E-state index contributed by atoms with van der Waals surface area (Å²) in [5.41, 5.74) is 3.55. The Morgan fingerprint density at radius 2 is 1.86 bits per heavy atom. The molecule has 114 valence electrons. The summed E-state index contributed by atoms with van der Waals surface area (Å²) in [4.78, 5) is 4.65. The Hall–Kier alpha value is -1.94. The zero-order chi connectivity index (χ0) is 15.4. The first-order valence-electron chi connectivity index (χ1n) is 7.54. The fraction of sp³-hybridized carbons (Fsp3) is 0.278. The van der Waals surface area contributed by atoms with E-state index in [-0.39, 0.29) is 0 Å². The van der Waals surface area contributed by atoms with Crippen molar-refractivity contribution in [3.63, 3.8) is 0 Å². The van der Waals surface area contributed by atoms with E-state index in [1.807, 2.05) is 30.3 Å². The molecule has 0 radical (unpaired) electrons. The van der Waals surface area contributed by atoms with Crippen molar-refractivity contribution in [1.29, 1.82) is 0 Å². The monoisotopic (exact) mass is 312 g/mol. The minimum Gasteiger partial charge on any atom is -0.493 e. The minimum atomic E-state index is 0.680. The zero-order valence-electron chi connectivity index (χ0n) is 13.0. The highest BCUT2D eigenvalue weighted by Gasteiger charge is 2.07. The maximum atomic E-state index is 5.78. The van der Waals surface area contributed by atoms with Gasteiger partial charge < -0.3 is 9.30 Å². The highest BCUT2D eigenvalue weighted by molar-refractivity contribution is 7.99. The summed E-state index contributed by atoms with van der Waals surface area (Å²) >= 11 is 1.73.